The van der Waals surface area contributed by atoms with E-state index in [1.54, 1.807) is 0 Å². The molecule has 1 aromatic carbocycles. The van der Waals surface area contributed by atoms with Crippen LogP contribution in [0.2, 0.25) is 0 Å². The van der Waals surface area contributed by atoms with Crippen LogP contribution in [0.5, 0.6) is 5.75 Å². The zero-order chi connectivity index (χ0) is 18.5. The molecule has 0 amide bonds. The molecule has 2 rings (SSSR count). The van der Waals surface area contributed by atoms with E-state index in [0.29, 0.717) is 6.61 Å². The van der Waals surface area contributed by atoms with Gasteiger partial charge in [-0.1, -0.05) is 83.8 Å². The van der Waals surface area contributed by atoms with Gasteiger partial charge in [-0.2, -0.15) is 0 Å². The van der Waals surface area contributed by atoms with Gasteiger partial charge in [0.15, 0.2) is 6.29 Å². The maximum Gasteiger partial charge on any atom is 0.184 e. The summed E-state index contributed by atoms with van der Waals surface area (Å²) in [7, 11) is 0. The second-order valence-corrected chi connectivity index (χ2v) is 7.46. The van der Waals surface area contributed by atoms with Gasteiger partial charge in [0.1, 0.15) is 5.75 Å². The van der Waals surface area contributed by atoms with E-state index in [0.717, 1.165) is 37.2 Å². The minimum Gasteiger partial charge on any atom is -0.494 e. The number of benzene rings is 1. The van der Waals surface area contributed by atoms with E-state index in [1.807, 2.05) is 12.1 Å². The molecular weight excluding hydrogens is 324 g/mol. The fourth-order valence-corrected chi connectivity index (χ4v) is 3.37. The first-order chi connectivity index (χ1) is 12.8. The Balaban J connectivity index is 1.61. The molecule has 1 saturated heterocycles. The molecule has 2 unspecified atom stereocenters. The lowest BCUT2D eigenvalue weighted by atomic mass is 10.1. The fraction of sp³-hybridized carbons (Fsp3) is 0.739. The standard InChI is InChI=1S/C23H38O3/c1-3-5-7-8-9-10-11-12-15-22-19-25-23(26-22)20-14-13-16-21(18-20)24-17-6-4-2/h13-14,16,18,22-23H,3-12,15,17,19H2,1-2H3. The van der Waals surface area contributed by atoms with E-state index in [2.05, 4.69) is 26.0 Å². The summed E-state index contributed by atoms with van der Waals surface area (Å²) in [5.74, 6) is 0.912. The third kappa shape index (κ3) is 8.09. The Morgan fingerprint density at radius 1 is 0.923 bits per heavy atom. The van der Waals surface area contributed by atoms with E-state index < -0.39 is 0 Å². The molecule has 0 saturated carbocycles. The molecule has 0 bridgehead atoms. The molecule has 0 aliphatic carbocycles. The van der Waals surface area contributed by atoms with E-state index in [-0.39, 0.29) is 12.4 Å². The summed E-state index contributed by atoms with van der Waals surface area (Å²) in [5, 5.41) is 0. The largest absolute Gasteiger partial charge is 0.494 e. The molecule has 148 valence electrons. The Morgan fingerprint density at radius 3 is 2.42 bits per heavy atom. The third-order valence-electron chi connectivity index (χ3n) is 5.03. The van der Waals surface area contributed by atoms with Crippen LogP contribution in [0.4, 0.5) is 0 Å². The van der Waals surface area contributed by atoms with Crippen molar-refractivity contribution in [2.75, 3.05) is 13.2 Å². The molecule has 1 fully saturated rings. The van der Waals surface area contributed by atoms with Crippen molar-refractivity contribution in [2.24, 2.45) is 0 Å². The van der Waals surface area contributed by atoms with Crippen molar-refractivity contribution in [1.29, 1.82) is 0 Å². The summed E-state index contributed by atoms with van der Waals surface area (Å²) in [5.41, 5.74) is 1.07. The van der Waals surface area contributed by atoms with Gasteiger partial charge in [-0.25, -0.2) is 0 Å². The molecular formula is C23H38O3. The maximum absolute atomic E-state index is 6.11. The van der Waals surface area contributed by atoms with E-state index in [4.69, 9.17) is 14.2 Å². The maximum atomic E-state index is 6.11. The molecule has 0 spiro atoms. The quantitative estimate of drug-likeness (QED) is 0.340. The van der Waals surface area contributed by atoms with Crippen LogP contribution in [-0.2, 0) is 9.47 Å². The van der Waals surface area contributed by atoms with Gasteiger partial charge in [0.2, 0.25) is 0 Å². The SMILES string of the molecule is CCCCCCCCCCC1COC(c2cccc(OCCCC)c2)O1. The van der Waals surface area contributed by atoms with Gasteiger partial charge in [-0.15, -0.1) is 0 Å². The molecule has 3 nitrogen and oxygen atoms in total. The average Bonchev–Trinajstić information content (AvgIpc) is 3.13. The summed E-state index contributed by atoms with van der Waals surface area (Å²) in [6.07, 6.45) is 14.2. The first-order valence-electron chi connectivity index (χ1n) is 10.8. The molecule has 1 heterocycles. The van der Waals surface area contributed by atoms with Crippen molar-refractivity contribution in [2.45, 2.75) is 96.9 Å². The Hall–Kier alpha value is -1.06. The number of hydrogen-bond donors (Lipinski definition) is 0. The first-order valence-corrected chi connectivity index (χ1v) is 10.8. The summed E-state index contributed by atoms with van der Waals surface area (Å²) < 4.78 is 17.8. The Labute approximate surface area is 160 Å². The molecule has 1 aromatic rings. The van der Waals surface area contributed by atoms with Crippen molar-refractivity contribution in [3.8, 4) is 5.75 Å². The number of ether oxygens (including phenoxy) is 3. The van der Waals surface area contributed by atoms with E-state index >= 15 is 0 Å². The molecule has 26 heavy (non-hydrogen) atoms. The smallest absolute Gasteiger partial charge is 0.184 e. The van der Waals surface area contributed by atoms with Crippen molar-refractivity contribution < 1.29 is 14.2 Å². The van der Waals surface area contributed by atoms with Crippen LogP contribution in [0.15, 0.2) is 24.3 Å². The zero-order valence-electron chi connectivity index (χ0n) is 16.9. The predicted molar refractivity (Wildman–Crippen MR) is 108 cm³/mol. The average molecular weight is 363 g/mol. The van der Waals surface area contributed by atoms with Crippen LogP contribution >= 0.6 is 0 Å². The van der Waals surface area contributed by atoms with Crippen LogP contribution in [0.3, 0.4) is 0 Å². The molecule has 2 atom stereocenters. The molecule has 1 aliphatic rings. The van der Waals surface area contributed by atoms with Crippen LogP contribution in [0, 0.1) is 0 Å². The minimum absolute atomic E-state index is 0.233. The number of hydrogen-bond acceptors (Lipinski definition) is 3. The van der Waals surface area contributed by atoms with Crippen molar-refractivity contribution in [3.63, 3.8) is 0 Å². The van der Waals surface area contributed by atoms with E-state index in [9.17, 15) is 0 Å². The van der Waals surface area contributed by atoms with Gasteiger partial charge < -0.3 is 14.2 Å². The van der Waals surface area contributed by atoms with Crippen molar-refractivity contribution >= 4 is 0 Å². The lowest BCUT2D eigenvalue weighted by Crippen LogP contribution is -2.09. The predicted octanol–water partition coefficient (Wildman–Crippen LogP) is 6.81. The van der Waals surface area contributed by atoms with Crippen LogP contribution in [0.25, 0.3) is 0 Å². The summed E-state index contributed by atoms with van der Waals surface area (Å²) in [6.45, 7) is 5.93. The number of rotatable bonds is 14. The number of unbranched alkanes of at least 4 members (excludes halogenated alkanes) is 8. The zero-order valence-corrected chi connectivity index (χ0v) is 16.9. The molecule has 3 heteroatoms. The summed E-state index contributed by atoms with van der Waals surface area (Å²) >= 11 is 0. The van der Waals surface area contributed by atoms with Gasteiger partial charge in [-0.05, 0) is 25.0 Å². The molecule has 1 aliphatic heterocycles. The Kier molecular flexibility index (Phi) is 10.8. The molecule has 0 radical (unpaired) electrons. The summed E-state index contributed by atoms with van der Waals surface area (Å²) in [6, 6.07) is 8.15. The second-order valence-electron chi connectivity index (χ2n) is 7.46. The van der Waals surface area contributed by atoms with Gasteiger partial charge in [0.25, 0.3) is 0 Å². The van der Waals surface area contributed by atoms with Gasteiger partial charge >= 0.3 is 0 Å². The Morgan fingerprint density at radius 2 is 1.65 bits per heavy atom. The second kappa shape index (κ2) is 13.2. The first kappa shape index (κ1) is 21.2. The fourth-order valence-electron chi connectivity index (χ4n) is 3.37. The highest BCUT2D eigenvalue weighted by atomic mass is 16.7. The van der Waals surface area contributed by atoms with E-state index in [1.165, 1.54) is 51.4 Å². The Bertz CT molecular complexity index is 474. The molecule has 0 aromatic heterocycles. The highest BCUT2D eigenvalue weighted by Gasteiger charge is 2.27. The van der Waals surface area contributed by atoms with Crippen LogP contribution in [0.1, 0.15) is 96.3 Å². The minimum atomic E-state index is -0.233. The topological polar surface area (TPSA) is 27.7 Å². The normalized spacial score (nSPS) is 19.8. The monoisotopic (exact) mass is 362 g/mol. The molecule has 0 N–H and O–H groups in total. The highest BCUT2D eigenvalue weighted by Crippen LogP contribution is 2.31. The van der Waals surface area contributed by atoms with Gasteiger partial charge in [0, 0.05) is 5.56 Å². The van der Waals surface area contributed by atoms with Gasteiger partial charge in [0.05, 0.1) is 19.3 Å². The van der Waals surface area contributed by atoms with Crippen molar-refractivity contribution in [1.82, 2.24) is 0 Å². The van der Waals surface area contributed by atoms with Crippen molar-refractivity contribution in [3.05, 3.63) is 29.8 Å². The van der Waals surface area contributed by atoms with Crippen LogP contribution in [-0.4, -0.2) is 19.3 Å². The van der Waals surface area contributed by atoms with Gasteiger partial charge in [-0.3, -0.25) is 0 Å². The third-order valence-corrected chi connectivity index (χ3v) is 5.03. The lowest BCUT2D eigenvalue weighted by molar-refractivity contribution is -0.0615. The summed E-state index contributed by atoms with van der Waals surface area (Å²) in [4.78, 5) is 0. The van der Waals surface area contributed by atoms with Crippen LogP contribution < -0.4 is 4.74 Å². The highest BCUT2D eigenvalue weighted by molar-refractivity contribution is 5.29. The lowest BCUT2D eigenvalue weighted by Gasteiger charge is -2.13.